The van der Waals surface area contributed by atoms with E-state index in [0.29, 0.717) is 5.16 Å². The van der Waals surface area contributed by atoms with Crippen molar-refractivity contribution < 1.29 is 14.7 Å². The molecule has 0 saturated carbocycles. The monoisotopic (exact) mass is 461 g/mol. The molecule has 0 radical (unpaired) electrons. The van der Waals surface area contributed by atoms with Gasteiger partial charge in [-0.1, -0.05) is 42.1 Å². The second kappa shape index (κ2) is 7.97. The Morgan fingerprint density at radius 3 is 2.57 bits per heavy atom. The van der Waals surface area contributed by atoms with Crippen LogP contribution >= 0.6 is 27.7 Å². The van der Waals surface area contributed by atoms with Gasteiger partial charge in [0.05, 0.1) is 16.6 Å². The molecule has 1 heterocycles. The highest BCUT2D eigenvalue weighted by Crippen LogP contribution is 2.37. The first-order chi connectivity index (χ1) is 13.2. The highest BCUT2D eigenvalue weighted by Gasteiger charge is 2.32. The van der Waals surface area contributed by atoms with Crippen molar-refractivity contribution >= 4 is 50.3 Å². The first kappa shape index (κ1) is 20.4. The lowest BCUT2D eigenvalue weighted by Gasteiger charge is -2.23. The molecule has 3 rings (SSSR count). The van der Waals surface area contributed by atoms with Crippen molar-refractivity contribution in [1.29, 1.82) is 0 Å². The maximum Gasteiger partial charge on any atom is 0.322 e. The lowest BCUT2D eigenvalue weighted by molar-refractivity contribution is -0.138. The standard InChI is InChI=1S/C20H20BrN3O3S/c1-12-8-9-15(14-7-5-4-6-13(12)14)24-16(21)10-23-19(24)28-20(2,3)18(27)22-11-17(25)26/h4-10H,11H2,1-3H3,(H,22,27)(H,25,26). The molecule has 2 aromatic carbocycles. The van der Waals surface area contributed by atoms with Gasteiger partial charge in [-0.2, -0.15) is 0 Å². The van der Waals surface area contributed by atoms with Gasteiger partial charge in [0.15, 0.2) is 5.16 Å². The Morgan fingerprint density at radius 2 is 1.89 bits per heavy atom. The van der Waals surface area contributed by atoms with E-state index in [-0.39, 0.29) is 5.91 Å². The fourth-order valence-electron chi connectivity index (χ4n) is 2.88. The van der Waals surface area contributed by atoms with Crippen LogP contribution in [0.4, 0.5) is 0 Å². The van der Waals surface area contributed by atoms with Gasteiger partial charge < -0.3 is 10.4 Å². The van der Waals surface area contributed by atoms with E-state index >= 15 is 0 Å². The number of hydrogen-bond donors (Lipinski definition) is 2. The largest absolute Gasteiger partial charge is 0.480 e. The lowest BCUT2D eigenvalue weighted by atomic mass is 10.0. The van der Waals surface area contributed by atoms with E-state index in [0.717, 1.165) is 21.1 Å². The number of carbonyl (C=O) groups excluding carboxylic acids is 1. The van der Waals surface area contributed by atoms with E-state index in [1.165, 1.54) is 17.3 Å². The van der Waals surface area contributed by atoms with Crippen LogP contribution in [0.5, 0.6) is 0 Å². The molecule has 0 aliphatic carbocycles. The Hall–Kier alpha value is -2.32. The third-order valence-electron chi connectivity index (χ3n) is 4.34. The van der Waals surface area contributed by atoms with Gasteiger partial charge in [0, 0.05) is 5.39 Å². The number of aryl methyl sites for hydroxylation is 1. The molecule has 146 valence electrons. The number of amides is 1. The van der Waals surface area contributed by atoms with Crippen LogP contribution in [0.2, 0.25) is 0 Å². The predicted molar refractivity (Wildman–Crippen MR) is 114 cm³/mol. The van der Waals surface area contributed by atoms with Gasteiger partial charge in [-0.25, -0.2) is 4.98 Å². The van der Waals surface area contributed by atoms with Crippen LogP contribution < -0.4 is 5.32 Å². The molecule has 0 aliphatic heterocycles. The number of carboxylic acids is 1. The van der Waals surface area contributed by atoms with E-state index in [9.17, 15) is 9.59 Å². The molecule has 0 spiro atoms. The summed E-state index contributed by atoms with van der Waals surface area (Å²) in [5, 5.41) is 14.1. The number of imidazole rings is 1. The third-order valence-corrected chi connectivity index (χ3v) is 6.07. The summed E-state index contributed by atoms with van der Waals surface area (Å²) in [7, 11) is 0. The number of aromatic nitrogens is 2. The summed E-state index contributed by atoms with van der Waals surface area (Å²) in [6.07, 6.45) is 1.70. The summed E-state index contributed by atoms with van der Waals surface area (Å²) in [5.74, 6) is -1.44. The summed E-state index contributed by atoms with van der Waals surface area (Å²) in [4.78, 5) is 27.6. The molecule has 3 aromatic rings. The fraction of sp³-hybridized carbons (Fsp3) is 0.250. The zero-order chi connectivity index (χ0) is 20.5. The van der Waals surface area contributed by atoms with Gasteiger partial charge >= 0.3 is 5.97 Å². The van der Waals surface area contributed by atoms with Gasteiger partial charge in [-0.15, -0.1) is 0 Å². The molecule has 0 bridgehead atoms. The maximum atomic E-state index is 12.4. The predicted octanol–water partition coefficient (Wildman–Crippen LogP) is 4.17. The number of thioether (sulfide) groups is 1. The summed E-state index contributed by atoms with van der Waals surface area (Å²) in [6.45, 7) is 5.15. The zero-order valence-electron chi connectivity index (χ0n) is 15.7. The van der Waals surface area contributed by atoms with Crippen molar-refractivity contribution in [1.82, 2.24) is 14.9 Å². The van der Waals surface area contributed by atoms with E-state index < -0.39 is 17.3 Å². The highest BCUT2D eigenvalue weighted by atomic mass is 79.9. The number of carboxylic acid groups (broad SMARTS) is 1. The van der Waals surface area contributed by atoms with Gasteiger partial charge in [0.25, 0.3) is 0 Å². The van der Waals surface area contributed by atoms with E-state index in [4.69, 9.17) is 5.11 Å². The van der Waals surface area contributed by atoms with E-state index in [1.807, 2.05) is 22.8 Å². The molecule has 2 N–H and O–H groups in total. The van der Waals surface area contributed by atoms with Gasteiger partial charge in [-0.3, -0.25) is 14.2 Å². The number of fused-ring (bicyclic) bond motifs is 1. The van der Waals surface area contributed by atoms with Crippen LogP contribution in [0.15, 0.2) is 52.4 Å². The van der Waals surface area contributed by atoms with Crippen LogP contribution in [0.3, 0.4) is 0 Å². The number of halogens is 1. The van der Waals surface area contributed by atoms with Crippen LogP contribution in [-0.4, -0.2) is 37.8 Å². The Labute approximate surface area is 175 Å². The fourth-order valence-corrected chi connectivity index (χ4v) is 4.47. The molecule has 0 fully saturated rings. The summed E-state index contributed by atoms with van der Waals surface area (Å²) >= 11 is 4.84. The maximum absolute atomic E-state index is 12.4. The molecular formula is C20H20BrN3O3S. The number of nitrogens with one attached hydrogen (secondary N) is 1. The highest BCUT2D eigenvalue weighted by molar-refractivity contribution is 9.10. The molecule has 1 amide bonds. The van der Waals surface area contributed by atoms with Crippen LogP contribution in [0, 0.1) is 6.92 Å². The van der Waals surface area contributed by atoms with Crippen molar-refractivity contribution in [2.24, 2.45) is 0 Å². The second-order valence-corrected chi connectivity index (χ2v) is 9.24. The number of nitrogens with zero attached hydrogens (tertiary/aromatic N) is 2. The van der Waals surface area contributed by atoms with E-state index in [2.05, 4.69) is 51.4 Å². The first-order valence-electron chi connectivity index (χ1n) is 8.62. The Morgan fingerprint density at radius 1 is 1.21 bits per heavy atom. The summed E-state index contributed by atoms with van der Waals surface area (Å²) in [5.41, 5.74) is 2.13. The van der Waals surface area contributed by atoms with Crippen molar-refractivity contribution in [3.63, 3.8) is 0 Å². The third kappa shape index (κ3) is 4.07. The summed E-state index contributed by atoms with van der Waals surface area (Å²) < 4.78 is 1.82. The molecule has 28 heavy (non-hydrogen) atoms. The number of carbonyl (C=O) groups is 2. The van der Waals surface area contributed by atoms with E-state index in [1.54, 1.807) is 20.0 Å². The molecule has 0 atom stereocenters. The molecule has 0 aliphatic rings. The van der Waals surface area contributed by atoms with Gasteiger partial charge in [-0.05, 0) is 53.7 Å². The van der Waals surface area contributed by atoms with Crippen molar-refractivity contribution in [3.05, 3.63) is 52.8 Å². The number of benzene rings is 2. The second-order valence-electron chi connectivity index (χ2n) is 6.83. The number of hydrogen-bond acceptors (Lipinski definition) is 4. The number of aliphatic carboxylic acids is 1. The lowest BCUT2D eigenvalue weighted by Crippen LogP contribution is -2.42. The van der Waals surface area contributed by atoms with Crippen molar-refractivity contribution in [2.45, 2.75) is 30.7 Å². The van der Waals surface area contributed by atoms with Crippen LogP contribution in [0.1, 0.15) is 19.4 Å². The average Bonchev–Trinajstić information content (AvgIpc) is 3.00. The topological polar surface area (TPSA) is 84.2 Å². The van der Waals surface area contributed by atoms with Gasteiger partial charge in [0.2, 0.25) is 5.91 Å². The Balaban J connectivity index is 2.01. The molecule has 0 saturated heterocycles. The van der Waals surface area contributed by atoms with Gasteiger partial charge in [0.1, 0.15) is 11.1 Å². The SMILES string of the molecule is Cc1ccc(-n2c(Br)cnc2SC(C)(C)C(=O)NCC(=O)O)c2ccccc12. The quantitative estimate of drug-likeness (QED) is 0.538. The first-order valence-corrected chi connectivity index (χ1v) is 10.2. The number of rotatable bonds is 6. The Kier molecular flexibility index (Phi) is 5.81. The zero-order valence-corrected chi connectivity index (χ0v) is 18.1. The Bertz CT molecular complexity index is 1060. The normalized spacial score (nSPS) is 11.6. The van der Waals surface area contributed by atoms with Crippen LogP contribution in [-0.2, 0) is 9.59 Å². The average molecular weight is 462 g/mol. The molecule has 8 heteroatoms. The molecule has 6 nitrogen and oxygen atoms in total. The molecule has 1 aromatic heterocycles. The molecule has 0 unspecified atom stereocenters. The minimum atomic E-state index is -1.08. The molecular weight excluding hydrogens is 442 g/mol. The minimum Gasteiger partial charge on any atom is -0.480 e. The minimum absolute atomic E-state index is 0.362. The smallest absolute Gasteiger partial charge is 0.322 e. The van der Waals surface area contributed by atoms with Crippen molar-refractivity contribution in [3.8, 4) is 5.69 Å². The summed E-state index contributed by atoms with van der Waals surface area (Å²) in [6, 6.07) is 12.2. The van der Waals surface area contributed by atoms with Crippen LogP contribution in [0.25, 0.3) is 16.5 Å². The van der Waals surface area contributed by atoms with Crippen molar-refractivity contribution in [2.75, 3.05) is 6.54 Å².